The Bertz CT molecular complexity index is 242. The van der Waals surface area contributed by atoms with E-state index in [1.807, 2.05) is 0 Å². The number of rotatable bonds is 5. The van der Waals surface area contributed by atoms with Crippen molar-refractivity contribution in [3.05, 3.63) is 11.3 Å². The molecular weight excluding hydrogens is 194 g/mol. The first-order chi connectivity index (χ1) is 7.60. The van der Waals surface area contributed by atoms with Crippen LogP contribution in [0.15, 0.2) is 11.3 Å². The first-order valence-corrected chi connectivity index (χ1v) is 7.05. The molecule has 0 spiro atoms. The van der Waals surface area contributed by atoms with Crippen LogP contribution in [0, 0.1) is 5.92 Å². The van der Waals surface area contributed by atoms with Gasteiger partial charge in [-0.3, -0.25) is 0 Å². The van der Waals surface area contributed by atoms with Crippen LogP contribution in [0.2, 0.25) is 0 Å². The van der Waals surface area contributed by atoms with Crippen molar-refractivity contribution in [3.8, 4) is 0 Å². The number of allylic oxidation sites excluding steroid dienone is 2. The summed E-state index contributed by atoms with van der Waals surface area (Å²) in [6, 6.07) is 0.713. The Morgan fingerprint density at radius 2 is 2.06 bits per heavy atom. The summed E-state index contributed by atoms with van der Waals surface area (Å²) in [5.74, 6) is 0.833. The fourth-order valence-corrected chi connectivity index (χ4v) is 2.76. The van der Waals surface area contributed by atoms with E-state index >= 15 is 0 Å². The molecule has 0 aromatic carbocycles. The normalized spacial score (nSPS) is 23.8. The highest BCUT2D eigenvalue weighted by atomic mass is 15.2. The fraction of sp³-hybridized carbons (Fsp3) is 0.867. The van der Waals surface area contributed by atoms with Crippen LogP contribution >= 0.6 is 0 Å². The van der Waals surface area contributed by atoms with E-state index < -0.39 is 0 Å². The molecule has 94 valence electrons. The molecule has 0 fully saturated rings. The number of hydrogen-bond acceptors (Lipinski definition) is 1. The van der Waals surface area contributed by atoms with E-state index in [1.54, 1.807) is 11.3 Å². The van der Waals surface area contributed by atoms with E-state index in [9.17, 15) is 0 Å². The van der Waals surface area contributed by atoms with Crippen molar-refractivity contribution >= 4 is 0 Å². The van der Waals surface area contributed by atoms with Gasteiger partial charge in [0, 0.05) is 18.3 Å². The van der Waals surface area contributed by atoms with Crippen LogP contribution in [-0.2, 0) is 0 Å². The quantitative estimate of drug-likeness (QED) is 0.659. The van der Waals surface area contributed by atoms with Gasteiger partial charge in [0.15, 0.2) is 0 Å². The van der Waals surface area contributed by atoms with Crippen molar-refractivity contribution in [2.75, 3.05) is 6.54 Å². The number of nitrogens with zero attached hydrogens (tertiary/aromatic N) is 1. The maximum absolute atomic E-state index is 2.68. The minimum absolute atomic E-state index is 0.713. The fourth-order valence-electron chi connectivity index (χ4n) is 2.76. The van der Waals surface area contributed by atoms with Crippen LogP contribution in [0.25, 0.3) is 0 Å². The summed E-state index contributed by atoms with van der Waals surface area (Å²) < 4.78 is 0. The molecule has 0 amide bonds. The molecule has 0 aromatic heterocycles. The van der Waals surface area contributed by atoms with Gasteiger partial charge in [0.1, 0.15) is 0 Å². The molecule has 0 radical (unpaired) electrons. The molecule has 1 aliphatic heterocycles. The SMILES string of the molecule is CCCCC1=C(C)CC(C)CN1C(C)CC. The summed E-state index contributed by atoms with van der Waals surface area (Å²) in [4.78, 5) is 2.68. The topological polar surface area (TPSA) is 3.24 Å². The van der Waals surface area contributed by atoms with Crippen LogP contribution in [0.1, 0.15) is 66.7 Å². The molecule has 1 aliphatic rings. The lowest BCUT2D eigenvalue weighted by Gasteiger charge is -2.40. The van der Waals surface area contributed by atoms with Gasteiger partial charge in [0.05, 0.1) is 0 Å². The van der Waals surface area contributed by atoms with Crippen molar-refractivity contribution in [2.45, 2.75) is 72.8 Å². The maximum Gasteiger partial charge on any atom is 0.0256 e. The van der Waals surface area contributed by atoms with E-state index in [0.717, 1.165) is 5.92 Å². The molecule has 1 rings (SSSR count). The van der Waals surface area contributed by atoms with E-state index in [-0.39, 0.29) is 0 Å². The lowest BCUT2D eigenvalue weighted by molar-refractivity contribution is 0.199. The Morgan fingerprint density at radius 3 is 2.62 bits per heavy atom. The van der Waals surface area contributed by atoms with Crippen LogP contribution in [0.5, 0.6) is 0 Å². The second kappa shape index (κ2) is 6.32. The molecular formula is C15H29N. The third-order valence-corrected chi connectivity index (χ3v) is 3.89. The molecule has 0 bridgehead atoms. The van der Waals surface area contributed by atoms with Crippen molar-refractivity contribution in [1.29, 1.82) is 0 Å². The zero-order valence-electron chi connectivity index (χ0n) is 11.8. The molecule has 1 nitrogen and oxygen atoms in total. The highest BCUT2D eigenvalue weighted by Gasteiger charge is 2.24. The summed E-state index contributed by atoms with van der Waals surface area (Å²) in [5.41, 5.74) is 3.31. The minimum Gasteiger partial charge on any atom is -0.372 e. The van der Waals surface area contributed by atoms with Gasteiger partial charge in [-0.15, -0.1) is 0 Å². The Hall–Kier alpha value is -0.460. The highest BCUT2D eigenvalue weighted by molar-refractivity contribution is 5.16. The second-order valence-corrected chi connectivity index (χ2v) is 5.55. The number of hydrogen-bond donors (Lipinski definition) is 0. The van der Waals surface area contributed by atoms with Crippen LogP contribution in [-0.4, -0.2) is 17.5 Å². The van der Waals surface area contributed by atoms with Crippen molar-refractivity contribution < 1.29 is 0 Å². The third-order valence-electron chi connectivity index (χ3n) is 3.89. The maximum atomic E-state index is 2.68. The van der Waals surface area contributed by atoms with E-state index in [2.05, 4.69) is 39.5 Å². The van der Waals surface area contributed by atoms with Gasteiger partial charge in [-0.25, -0.2) is 0 Å². The molecule has 0 N–H and O–H groups in total. The Labute approximate surface area is 102 Å². The average molecular weight is 223 g/mol. The summed E-state index contributed by atoms with van der Waals surface area (Å²) >= 11 is 0. The summed E-state index contributed by atoms with van der Waals surface area (Å²) in [7, 11) is 0. The van der Waals surface area contributed by atoms with Gasteiger partial charge in [-0.2, -0.15) is 0 Å². The molecule has 0 aliphatic carbocycles. The van der Waals surface area contributed by atoms with E-state index in [0.29, 0.717) is 6.04 Å². The van der Waals surface area contributed by atoms with Crippen molar-refractivity contribution in [3.63, 3.8) is 0 Å². The van der Waals surface area contributed by atoms with Gasteiger partial charge < -0.3 is 4.90 Å². The number of unbranched alkanes of at least 4 members (excludes halogenated alkanes) is 1. The predicted molar refractivity (Wildman–Crippen MR) is 72.5 cm³/mol. The Morgan fingerprint density at radius 1 is 1.38 bits per heavy atom. The van der Waals surface area contributed by atoms with Crippen molar-refractivity contribution in [1.82, 2.24) is 4.90 Å². The van der Waals surface area contributed by atoms with Gasteiger partial charge in [0.25, 0.3) is 0 Å². The van der Waals surface area contributed by atoms with Crippen LogP contribution < -0.4 is 0 Å². The first-order valence-electron chi connectivity index (χ1n) is 7.05. The molecule has 2 unspecified atom stereocenters. The zero-order valence-corrected chi connectivity index (χ0v) is 11.8. The molecule has 16 heavy (non-hydrogen) atoms. The molecule has 0 saturated heterocycles. The van der Waals surface area contributed by atoms with Crippen molar-refractivity contribution in [2.24, 2.45) is 5.92 Å². The van der Waals surface area contributed by atoms with Gasteiger partial charge >= 0.3 is 0 Å². The molecule has 1 heteroatoms. The van der Waals surface area contributed by atoms with Gasteiger partial charge in [0.2, 0.25) is 0 Å². The monoisotopic (exact) mass is 223 g/mol. The van der Waals surface area contributed by atoms with Crippen LogP contribution in [0.4, 0.5) is 0 Å². The summed E-state index contributed by atoms with van der Waals surface area (Å²) in [6.07, 6.45) is 6.51. The summed E-state index contributed by atoms with van der Waals surface area (Å²) in [5, 5.41) is 0. The lowest BCUT2D eigenvalue weighted by atomic mass is 9.91. The predicted octanol–water partition coefficient (Wildman–Crippen LogP) is 4.59. The smallest absolute Gasteiger partial charge is 0.0256 e. The first kappa shape index (κ1) is 13.6. The standard InChI is InChI=1S/C15H29N/c1-6-8-9-15-13(4)10-12(3)11-16(15)14(5)7-2/h12,14H,6-11H2,1-5H3. The highest BCUT2D eigenvalue weighted by Crippen LogP contribution is 2.31. The van der Waals surface area contributed by atoms with Gasteiger partial charge in [-0.1, -0.05) is 32.8 Å². The third kappa shape index (κ3) is 3.26. The Balaban J connectivity index is 2.80. The summed E-state index contributed by atoms with van der Waals surface area (Å²) in [6.45, 7) is 13.0. The molecule has 0 saturated carbocycles. The zero-order chi connectivity index (χ0) is 12.1. The van der Waals surface area contributed by atoms with E-state index in [4.69, 9.17) is 0 Å². The molecule has 1 heterocycles. The largest absolute Gasteiger partial charge is 0.372 e. The lowest BCUT2D eigenvalue weighted by Crippen LogP contribution is -2.39. The van der Waals surface area contributed by atoms with Gasteiger partial charge in [-0.05, 0) is 45.4 Å². The molecule has 0 aromatic rings. The molecule has 2 atom stereocenters. The van der Waals surface area contributed by atoms with E-state index in [1.165, 1.54) is 38.6 Å². The second-order valence-electron chi connectivity index (χ2n) is 5.55. The average Bonchev–Trinajstić information content (AvgIpc) is 2.26. The Kier molecular flexibility index (Phi) is 5.37. The van der Waals surface area contributed by atoms with Crippen LogP contribution in [0.3, 0.4) is 0 Å². The minimum atomic E-state index is 0.713.